The van der Waals surface area contributed by atoms with E-state index in [0.717, 1.165) is 0 Å². The van der Waals surface area contributed by atoms with Gasteiger partial charge < -0.3 is 14.8 Å². The average molecular weight is 246 g/mol. The van der Waals surface area contributed by atoms with Crippen molar-refractivity contribution < 1.29 is 19.1 Å². The van der Waals surface area contributed by atoms with Crippen molar-refractivity contribution in [2.75, 3.05) is 0 Å². The monoisotopic (exact) mass is 245 g/mol. The Bertz CT molecular complexity index is 363. The molecule has 0 aliphatic carbocycles. The molecule has 1 atom stereocenters. The topological polar surface area (TPSA) is 79.5 Å². The molecule has 0 aromatic carbocycles. The molecule has 1 heterocycles. The molecule has 1 amide bonds. The third-order valence-corrected chi connectivity index (χ3v) is 2.29. The van der Waals surface area contributed by atoms with E-state index in [9.17, 15) is 9.59 Å². The van der Waals surface area contributed by atoms with E-state index < -0.39 is 5.97 Å². The van der Waals surface area contributed by atoms with E-state index in [2.05, 4.69) is 5.32 Å². The molecule has 1 aromatic heterocycles. The molecule has 5 nitrogen and oxygen atoms in total. The molecule has 1 aromatic rings. The van der Waals surface area contributed by atoms with E-state index in [1.54, 1.807) is 12.1 Å². The molecule has 1 unspecified atom stereocenters. The highest BCUT2D eigenvalue weighted by Gasteiger charge is 2.12. The normalized spacial score (nSPS) is 12.1. The lowest BCUT2D eigenvalue weighted by Crippen LogP contribution is -2.30. The fourth-order valence-corrected chi connectivity index (χ4v) is 1.50. The molecule has 2 N–H and O–H groups in total. The first-order valence-corrected chi connectivity index (χ1v) is 5.15. The van der Waals surface area contributed by atoms with E-state index in [0.29, 0.717) is 25.0 Å². The van der Waals surface area contributed by atoms with Gasteiger partial charge in [-0.1, -0.05) is 0 Å². The van der Waals surface area contributed by atoms with Gasteiger partial charge in [0.05, 0.1) is 0 Å². The smallest absolute Gasteiger partial charge is 0.303 e. The number of carbonyl (C=O) groups excluding carboxylic acids is 1. The molecule has 0 spiro atoms. The van der Waals surface area contributed by atoms with Gasteiger partial charge in [-0.3, -0.25) is 9.59 Å². The van der Waals surface area contributed by atoms with Gasteiger partial charge in [0.25, 0.3) is 0 Å². The van der Waals surface area contributed by atoms with Crippen LogP contribution in [0.3, 0.4) is 0 Å². The number of carboxylic acid groups (broad SMARTS) is 1. The van der Waals surface area contributed by atoms with Crippen LogP contribution in [0.5, 0.6) is 0 Å². The zero-order chi connectivity index (χ0) is 12.0. The molecule has 0 saturated carbocycles. The van der Waals surface area contributed by atoms with Gasteiger partial charge in [-0.2, -0.15) is 0 Å². The highest BCUT2D eigenvalue weighted by molar-refractivity contribution is 6.28. The zero-order valence-electron chi connectivity index (χ0n) is 8.48. The minimum absolute atomic E-state index is 0.0000522. The van der Waals surface area contributed by atoms with Gasteiger partial charge in [0, 0.05) is 18.9 Å². The summed E-state index contributed by atoms with van der Waals surface area (Å²) in [6.45, 7) is 0. The maximum atomic E-state index is 10.4. The van der Waals surface area contributed by atoms with E-state index in [1.807, 2.05) is 0 Å². The van der Waals surface area contributed by atoms with Crippen LogP contribution in [0.1, 0.15) is 18.6 Å². The lowest BCUT2D eigenvalue weighted by Gasteiger charge is -2.12. The summed E-state index contributed by atoms with van der Waals surface area (Å²) in [6, 6.07) is 3.05. The first kappa shape index (κ1) is 12.6. The van der Waals surface area contributed by atoms with Gasteiger partial charge >= 0.3 is 5.97 Å². The van der Waals surface area contributed by atoms with Crippen molar-refractivity contribution in [3.63, 3.8) is 0 Å². The number of amides is 1. The lowest BCUT2D eigenvalue weighted by atomic mass is 10.1. The van der Waals surface area contributed by atoms with Crippen molar-refractivity contribution in [2.24, 2.45) is 0 Å². The van der Waals surface area contributed by atoms with Gasteiger partial charge in [0.15, 0.2) is 5.22 Å². The van der Waals surface area contributed by atoms with Crippen LogP contribution >= 0.6 is 11.6 Å². The Balaban J connectivity index is 2.49. The van der Waals surface area contributed by atoms with Crippen molar-refractivity contribution >= 4 is 24.0 Å². The van der Waals surface area contributed by atoms with Crippen molar-refractivity contribution in [3.05, 3.63) is 23.1 Å². The van der Waals surface area contributed by atoms with Gasteiger partial charge in [0.2, 0.25) is 6.41 Å². The van der Waals surface area contributed by atoms with E-state index in [4.69, 9.17) is 21.1 Å². The molecule has 0 bridgehead atoms. The third kappa shape index (κ3) is 4.35. The lowest BCUT2D eigenvalue weighted by molar-refractivity contribution is -0.137. The summed E-state index contributed by atoms with van der Waals surface area (Å²) in [7, 11) is 0. The molecular weight excluding hydrogens is 234 g/mol. The van der Waals surface area contributed by atoms with Crippen LogP contribution in [0.15, 0.2) is 16.5 Å². The highest BCUT2D eigenvalue weighted by Crippen LogP contribution is 2.15. The molecule has 0 fully saturated rings. The summed E-state index contributed by atoms with van der Waals surface area (Å²) < 4.78 is 5.13. The molecule has 16 heavy (non-hydrogen) atoms. The minimum atomic E-state index is -0.893. The fraction of sp³-hybridized carbons (Fsp3) is 0.400. The zero-order valence-corrected chi connectivity index (χ0v) is 9.24. The first-order valence-electron chi connectivity index (χ1n) is 4.77. The summed E-state index contributed by atoms with van der Waals surface area (Å²) in [4.78, 5) is 20.7. The maximum Gasteiger partial charge on any atom is 0.303 e. The summed E-state index contributed by atoms with van der Waals surface area (Å²) >= 11 is 5.60. The van der Waals surface area contributed by atoms with Crippen molar-refractivity contribution in [3.8, 4) is 0 Å². The van der Waals surface area contributed by atoms with Crippen molar-refractivity contribution in [1.29, 1.82) is 0 Å². The number of rotatable bonds is 7. The number of halogens is 1. The Morgan fingerprint density at radius 3 is 2.88 bits per heavy atom. The van der Waals surface area contributed by atoms with Crippen molar-refractivity contribution in [2.45, 2.75) is 25.3 Å². The van der Waals surface area contributed by atoms with Crippen LogP contribution < -0.4 is 5.32 Å². The predicted octanol–water partition coefficient (Wildman–Crippen LogP) is 1.45. The van der Waals surface area contributed by atoms with Crippen LogP contribution in [0.4, 0.5) is 0 Å². The van der Waals surface area contributed by atoms with Gasteiger partial charge in [-0.05, 0) is 30.2 Å². The van der Waals surface area contributed by atoms with Gasteiger partial charge in [-0.15, -0.1) is 0 Å². The van der Waals surface area contributed by atoms with E-state index >= 15 is 0 Å². The van der Waals surface area contributed by atoms with Crippen molar-refractivity contribution in [1.82, 2.24) is 5.32 Å². The molecule has 0 aliphatic heterocycles. The second-order valence-corrected chi connectivity index (χ2v) is 3.70. The van der Waals surface area contributed by atoms with Crippen LogP contribution in [0.25, 0.3) is 0 Å². The number of carbonyl (C=O) groups is 2. The molecule has 0 saturated heterocycles. The summed E-state index contributed by atoms with van der Waals surface area (Å²) in [5, 5.41) is 11.4. The number of nitrogens with one attached hydrogen (secondary N) is 1. The standard InChI is InChI=1S/C10H12ClNO4/c11-9-3-2-8(16-9)5-7(12-6-13)1-4-10(14)15/h2-3,6-7H,1,4-5H2,(H,12,13)(H,14,15). The number of furan rings is 1. The van der Waals surface area contributed by atoms with Crippen LogP contribution in [0, 0.1) is 0 Å². The number of hydrogen-bond acceptors (Lipinski definition) is 3. The third-order valence-electron chi connectivity index (χ3n) is 2.09. The number of aliphatic carboxylic acids is 1. The summed E-state index contributed by atoms with van der Waals surface area (Å²) in [6.07, 6.45) is 1.34. The Labute approximate surface area is 97.4 Å². The van der Waals surface area contributed by atoms with Crippen LogP contribution in [0.2, 0.25) is 5.22 Å². The van der Waals surface area contributed by atoms with Gasteiger partial charge in [-0.25, -0.2) is 0 Å². The Hall–Kier alpha value is -1.49. The first-order chi connectivity index (χ1) is 7.61. The largest absolute Gasteiger partial charge is 0.481 e. The fourth-order valence-electron chi connectivity index (χ4n) is 1.34. The Morgan fingerprint density at radius 1 is 1.62 bits per heavy atom. The quantitative estimate of drug-likeness (QED) is 0.713. The molecule has 1 rings (SSSR count). The number of hydrogen-bond donors (Lipinski definition) is 2. The Morgan fingerprint density at radius 2 is 2.38 bits per heavy atom. The van der Waals surface area contributed by atoms with E-state index in [1.165, 1.54) is 0 Å². The summed E-state index contributed by atoms with van der Waals surface area (Å²) in [5.41, 5.74) is 0. The second kappa shape index (κ2) is 6.17. The average Bonchev–Trinajstić information content (AvgIpc) is 2.61. The number of carboxylic acids is 1. The second-order valence-electron chi connectivity index (χ2n) is 3.32. The molecule has 0 radical (unpaired) electrons. The molecule has 6 heteroatoms. The molecular formula is C10H12ClNO4. The molecule has 88 valence electrons. The minimum Gasteiger partial charge on any atom is -0.481 e. The van der Waals surface area contributed by atoms with Crippen LogP contribution in [-0.2, 0) is 16.0 Å². The predicted molar refractivity (Wildman–Crippen MR) is 57.3 cm³/mol. The van der Waals surface area contributed by atoms with Crippen LogP contribution in [-0.4, -0.2) is 23.5 Å². The summed E-state index contributed by atoms with van der Waals surface area (Å²) in [5.74, 6) is -0.273. The molecule has 0 aliphatic rings. The van der Waals surface area contributed by atoms with Gasteiger partial charge in [0.1, 0.15) is 5.76 Å². The Kier molecular flexibility index (Phi) is 4.85. The highest BCUT2D eigenvalue weighted by atomic mass is 35.5. The maximum absolute atomic E-state index is 10.4. The SMILES string of the molecule is O=CNC(CCC(=O)O)Cc1ccc(Cl)o1. The van der Waals surface area contributed by atoms with E-state index in [-0.39, 0.29) is 17.7 Å².